The molecule has 0 aliphatic rings. The van der Waals surface area contributed by atoms with Crippen LogP contribution in [0.25, 0.3) is 0 Å². The monoisotopic (exact) mass is 293 g/mol. The van der Waals surface area contributed by atoms with Crippen LogP contribution in [0.15, 0.2) is 53.0 Å². The van der Waals surface area contributed by atoms with Gasteiger partial charge in [0.2, 0.25) is 5.91 Å². The van der Waals surface area contributed by atoms with Gasteiger partial charge in [0.1, 0.15) is 0 Å². The van der Waals surface area contributed by atoms with Gasteiger partial charge in [-0.3, -0.25) is 4.79 Å². The molecule has 0 bridgehead atoms. The van der Waals surface area contributed by atoms with E-state index in [1.165, 1.54) is 0 Å². The normalized spacial score (nSPS) is 11.2. The average molecular weight is 294 g/mol. The van der Waals surface area contributed by atoms with Gasteiger partial charge in [-0.15, -0.1) is 0 Å². The van der Waals surface area contributed by atoms with Crippen molar-refractivity contribution in [3.8, 4) is 0 Å². The molecule has 0 saturated carbocycles. The van der Waals surface area contributed by atoms with Crippen molar-refractivity contribution in [1.82, 2.24) is 4.90 Å². The Hall–Kier alpha value is -1.35. The summed E-state index contributed by atoms with van der Waals surface area (Å²) < 4.78 is 1.03. The highest BCUT2D eigenvalue weighted by molar-refractivity contribution is 9.10. The zero-order valence-electron chi connectivity index (χ0n) is 10.1. The molecule has 3 heteroatoms. The molecule has 0 saturated heterocycles. The molecule has 0 fully saturated rings. The smallest absolute Gasteiger partial charge is 0.246 e. The Balaban J connectivity index is 2.63. The van der Waals surface area contributed by atoms with Gasteiger partial charge in [-0.25, -0.2) is 0 Å². The molecular weight excluding hydrogens is 278 g/mol. The van der Waals surface area contributed by atoms with Crippen molar-refractivity contribution in [3.05, 3.63) is 58.6 Å². The summed E-state index contributed by atoms with van der Waals surface area (Å²) in [6.45, 7) is 2.51. The van der Waals surface area contributed by atoms with Crippen LogP contribution < -0.4 is 0 Å². The Labute approximate surface area is 111 Å². The molecule has 17 heavy (non-hydrogen) atoms. The van der Waals surface area contributed by atoms with Crippen LogP contribution in [0.1, 0.15) is 12.5 Å². The number of rotatable bonds is 4. The molecule has 0 atom stereocenters. The van der Waals surface area contributed by atoms with E-state index in [2.05, 4.69) is 15.9 Å². The van der Waals surface area contributed by atoms with Crippen LogP contribution in [0.4, 0.5) is 0 Å². The van der Waals surface area contributed by atoms with Crippen LogP contribution in [0.5, 0.6) is 0 Å². The minimum Gasteiger partial charge on any atom is -0.338 e. The highest BCUT2D eigenvalue weighted by Crippen LogP contribution is 2.17. The highest BCUT2D eigenvalue weighted by Gasteiger charge is 2.07. The summed E-state index contributed by atoms with van der Waals surface area (Å²) in [6.07, 6.45) is 7.04. The van der Waals surface area contributed by atoms with E-state index in [4.69, 9.17) is 0 Å². The van der Waals surface area contributed by atoms with Gasteiger partial charge in [0.05, 0.1) is 0 Å². The summed E-state index contributed by atoms with van der Waals surface area (Å²) in [4.78, 5) is 13.4. The number of carbonyl (C=O) groups is 1. The Kier molecular flexibility index (Phi) is 5.70. The van der Waals surface area contributed by atoms with Gasteiger partial charge in [-0.1, -0.05) is 52.4 Å². The molecular formula is C14H16BrNO. The van der Waals surface area contributed by atoms with E-state index in [-0.39, 0.29) is 5.91 Å². The topological polar surface area (TPSA) is 20.3 Å². The maximum atomic E-state index is 11.7. The lowest BCUT2D eigenvalue weighted by molar-refractivity contribution is -0.125. The van der Waals surface area contributed by atoms with Crippen molar-refractivity contribution >= 4 is 21.8 Å². The van der Waals surface area contributed by atoms with Crippen LogP contribution in [0, 0.1) is 0 Å². The lowest BCUT2D eigenvalue weighted by atomic mass is 10.2. The number of hydrogen-bond acceptors (Lipinski definition) is 1. The maximum Gasteiger partial charge on any atom is 0.246 e. The van der Waals surface area contributed by atoms with E-state index in [9.17, 15) is 4.79 Å². The van der Waals surface area contributed by atoms with Gasteiger partial charge in [0.25, 0.3) is 0 Å². The molecule has 2 nitrogen and oxygen atoms in total. The molecule has 0 unspecified atom stereocenters. The molecule has 0 aliphatic heterocycles. The zero-order valence-corrected chi connectivity index (χ0v) is 11.6. The second-order valence-corrected chi connectivity index (χ2v) is 4.52. The van der Waals surface area contributed by atoms with Crippen LogP contribution in [0.2, 0.25) is 0 Å². The van der Waals surface area contributed by atoms with Gasteiger partial charge in [-0.05, 0) is 18.6 Å². The molecule has 1 amide bonds. The summed E-state index contributed by atoms with van der Waals surface area (Å²) in [7, 11) is 1.79. The molecule has 1 aromatic carbocycles. The Morgan fingerprint density at radius 1 is 1.35 bits per heavy atom. The first kappa shape index (κ1) is 13.7. The van der Waals surface area contributed by atoms with Gasteiger partial charge in [0.15, 0.2) is 0 Å². The minimum absolute atomic E-state index is 0.00106. The van der Waals surface area contributed by atoms with Crippen molar-refractivity contribution in [2.75, 3.05) is 7.05 Å². The lowest BCUT2D eigenvalue weighted by Gasteiger charge is -2.16. The number of allylic oxidation sites excluding steroid dienone is 3. The van der Waals surface area contributed by atoms with Gasteiger partial charge in [0, 0.05) is 24.1 Å². The first-order valence-corrected chi connectivity index (χ1v) is 6.22. The fraction of sp³-hybridized carbons (Fsp3) is 0.214. The van der Waals surface area contributed by atoms with Gasteiger partial charge >= 0.3 is 0 Å². The number of carbonyl (C=O) groups excluding carboxylic acids is 1. The summed E-state index contributed by atoms with van der Waals surface area (Å²) in [5.41, 5.74) is 1.10. The third-order valence-corrected chi connectivity index (χ3v) is 3.06. The van der Waals surface area contributed by atoms with Crippen LogP contribution in [0.3, 0.4) is 0 Å². The summed E-state index contributed by atoms with van der Waals surface area (Å²) in [5, 5.41) is 0. The fourth-order valence-electron chi connectivity index (χ4n) is 1.34. The summed E-state index contributed by atoms with van der Waals surface area (Å²) in [5.74, 6) is -0.00106. The number of hydrogen-bond donors (Lipinski definition) is 0. The average Bonchev–Trinajstić information content (AvgIpc) is 2.32. The van der Waals surface area contributed by atoms with E-state index >= 15 is 0 Å². The highest BCUT2D eigenvalue weighted by atomic mass is 79.9. The summed E-state index contributed by atoms with van der Waals surface area (Å²) >= 11 is 3.47. The summed E-state index contributed by atoms with van der Waals surface area (Å²) in [6, 6.07) is 7.91. The first-order valence-electron chi connectivity index (χ1n) is 5.43. The second-order valence-electron chi connectivity index (χ2n) is 3.67. The molecule has 0 radical (unpaired) electrons. The Morgan fingerprint density at radius 2 is 2.06 bits per heavy atom. The molecule has 1 aromatic rings. The predicted octanol–water partition coefficient (Wildman–Crippen LogP) is 3.54. The van der Waals surface area contributed by atoms with Crippen molar-refractivity contribution in [3.63, 3.8) is 0 Å². The standard InChI is InChI=1S/C14H16BrNO/c1-3-4-5-10-14(17)16(2)11-12-8-6-7-9-13(12)15/h3-10H,11H2,1-2H3. The molecule has 0 N–H and O–H groups in total. The Bertz CT molecular complexity index is 438. The molecule has 90 valence electrons. The number of amides is 1. The molecule has 0 aliphatic carbocycles. The van der Waals surface area contributed by atoms with Gasteiger partial charge in [-0.2, -0.15) is 0 Å². The van der Waals surface area contributed by atoms with Crippen molar-refractivity contribution < 1.29 is 4.79 Å². The van der Waals surface area contributed by atoms with Crippen molar-refractivity contribution in [2.24, 2.45) is 0 Å². The SMILES string of the molecule is CC=CC=CC(=O)N(C)Cc1ccccc1Br. The van der Waals surface area contributed by atoms with Crippen LogP contribution in [-0.2, 0) is 11.3 Å². The van der Waals surface area contributed by atoms with E-state index in [1.807, 2.05) is 43.3 Å². The van der Waals surface area contributed by atoms with Crippen molar-refractivity contribution in [1.29, 1.82) is 0 Å². The molecule has 0 spiro atoms. The number of benzene rings is 1. The number of nitrogens with zero attached hydrogens (tertiary/aromatic N) is 1. The fourth-order valence-corrected chi connectivity index (χ4v) is 1.75. The predicted molar refractivity (Wildman–Crippen MR) is 74.6 cm³/mol. The second kappa shape index (κ2) is 7.07. The van der Waals surface area contributed by atoms with Gasteiger partial charge < -0.3 is 4.90 Å². The van der Waals surface area contributed by atoms with E-state index in [1.54, 1.807) is 24.1 Å². The van der Waals surface area contributed by atoms with Crippen LogP contribution >= 0.6 is 15.9 Å². The van der Waals surface area contributed by atoms with E-state index in [0.717, 1.165) is 10.0 Å². The lowest BCUT2D eigenvalue weighted by Crippen LogP contribution is -2.24. The van der Waals surface area contributed by atoms with Crippen molar-refractivity contribution in [2.45, 2.75) is 13.5 Å². The number of likely N-dealkylation sites (N-methyl/N-ethyl adjacent to an activating group) is 1. The Morgan fingerprint density at radius 3 is 2.71 bits per heavy atom. The minimum atomic E-state index is -0.00106. The number of halogens is 1. The molecule has 0 heterocycles. The maximum absolute atomic E-state index is 11.7. The quantitative estimate of drug-likeness (QED) is 0.614. The molecule has 1 rings (SSSR count). The van der Waals surface area contributed by atoms with Crippen LogP contribution in [-0.4, -0.2) is 17.9 Å². The zero-order chi connectivity index (χ0) is 12.7. The third kappa shape index (κ3) is 4.57. The largest absolute Gasteiger partial charge is 0.338 e. The first-order chi connectivity index (χ1) is 8.15. The van der Waals surface area contributed by atoms with E-state index in [0.29, 0.717) is 6.54 Å². The third-order valence-electron chi connectivity index (χ3n) is 2.28. The molecule has 0 aromatic heterocycles. The van der Waals surface area contributed by atoms with E-state index < -0.39 is 0 Å².